The number of carbonyl (C=O) groups is 1. The summed E-state index contributed by atoms with van der Waals surface area (Å²) in [6, 6.07) is 5.98. The highest BCUT2D eigenvalue weighted by atomic mass is 16.5. The van der Waals surface area contributed by atoms with E-state index in [1.165, 1.54) is 0 Å². The molecule has 1 amide bonds. The van der Waals surface area contributed by atoms with Gasteiger partial charge in [-0.05, 0) is 31.8 Å². The first-order valence-corrected chi connectivity index (χ1v) is 5.97. The van der Waals surface area contributed by atoms with Crippen LogP contribution in [0.4, 0.5) is 5.69 Å². The molecule has 1 aromatic carbocycles. The molecule has 1 aromatic rings. The molecule has 0 unspecified atom stereocenters. The minimum atomic E-state index is -0.0109. The number of nitrogens with one attached hydrogen (secondary N) is 1. The molecule has 2 rings (SSSR count). The standard InChI is InChI=1S/C13H19N3O2/c1-14-9-15(2)7-10-4-5-12-11(6-10)16(3)13(17)8-18-12/h4-6,14H,7-9H2,1-3H3. The lowest BCUT2D eigenvalue weighted by Gasteiger charge is -2.27. The maximum absolute atomic E-state index is 11.6. The van der Waals surface area contributed by atoms with Crippen molar-refractivity contribution in [3.8, 4) is 5.75 Å². The van der Waals surface area contributed by atoms with E-state index in [1.807, 2.05) is 32.3 Å². The minimum Gasteiger partial charge on any atom is -0.482 e. The lowest BCUT2D eigenvalue weighted by atomic mass is 10.1. The quantitative estimate of drug-likeness (QED) is 0.796. The van der Waals surface area contributed by atoms with Crippen molar-refractivity contribution < 1.29 is 9.53 Å². The van der Waals surface area contributed by atoms with Crippen molar-refractivity contribution in [1.29, 1.82) is 0 Å². The highest BCUT2D eigenvalue weighted by Crippen LogP contribution is 2.32. The van der Waals surface area contributed by atoms with Gasteiger partial charge in [0.1, 0.15) is 5.75 Å². The predicted octanol–water partition coefficient (Wildman–Crippen LogP) is 0.650. The maximum Gasteiger partial charge on any atom is 0.264 e. The lowest BCUT2D eigenvalue weighted by Crippen LogP contribution is -2.35. The maximum atomic E-state index is 11.6. The molecule has 98 valence electrons. The summed E-state index contributed by atoms with van der Waals surface area (Å²) in [6.07, 6.45) is 0. The molecule has 5 nitrogen and oxygen atoms in total. The van der Waals surface area contributed by atoms with Gasteiger partial charge in [-0.15, -0.1) is 0 Å². The van der Waals surface area contributed by atoms with Crippen LogP contribution in [0.1, 0.15) is 5.56 Å². The monoisotopic (exact) mass is 249 g/mol. The third-order valence-electron chi connectivity index (χ3n) is 2.99. The largest absolute Gasteiger partial charge is 0.482 e. The van der Waals surface area contributed by atoms with Gasteiger partial charge in [0.15, 0.2) is 6.61 Å². The lowest BCUT2D eigenvalue weighted by molar-refractivity contribution is -0.120. The molecule has 5 heteroatoms. The highest BCUT2D eigenvalue weighted by Gasteiger charge is 2.22. The van der Waals surface area contributed by atoms with Gasteiger partial charge in [-0.1, -0.05) is 6.07 Å². The van der Waals surface area contributed by atoms with Crippen LogP contribution in [0.25, 0.3) is 0 Å². The molecule has 1 heterocycles. The van der Waals surface area contributed by atoms with Crippen molar-refractivity contribution in [3.05, 3.63) is 23.8 Å². The van der Waals surface area contributed by atoms with Gasteiger partial charge in [-0.3, -0.25) is 9.69 Å². The molecule has 0 bridgehead atoms. The number of fused-ring (bicyclic) bond motifs is 1. The number of amides is 1. The van der Waals surface area contributed by atoms with Crippen molar-refractivity contribution in [1.82, 2.24) is 10.2 Å². The van der Waals surface area contributed by atoms with E-state index in [2.05, 4.69) is 10.2 Å². The Balaban J connectivity index is 2.18. The minimum absolute atomic E-state index is 0.0109. The fraction of sp³-hybridized carbons (Fsp3) is 0.462. The van der Waals surface area contributed by atoms with E-state index in [9.17, 15) is 4.79 Å². The number of benzene rings is 1. The number of anilines is 1. The molecule has 0 fully saturated rings. The number of nitrogens with zero attached hydrogens (tertiary/aromatic N) is 2. The topological polar surface area (TPSA) is 44.8 Å². The van der Waals surface area contributed by atoms with Gasteiger partial charge in [0.25, 0.3) is 5.91 Å². The van der Waals surface area contributed by atoms with Crippen LogP contribution in [0.2, 0.25) is 0 Å². The third kappa shape index (κ3) is 2.63. The molecule has 0 radical (unpaired) electrons. The van der Waals surface area contributed by atoms with E-state index < -0.39 is 0 Å². The Morgan fingerprint density at radius 1 is 1.50 bits per heavy atom. The fourth-order valence-electron chi connectivity index (χ4n) is 2.05. The average Bonchev–Trinajstić information content (AvgIpc) is 2.35. The predicted molar refractivity (Wildman–Crippen MR) is 70.7 cm³/mol. The summed E-state index contributed by atoms with van der Waals surface area (Å²) < 4.78 is 5.40. The van der Waals surface area contributed by atoms with Gasteiger partial charge in [0, 0.05) is 20.3 Å². The van der Waals surface area contributed by atoms with Gasteiger partial charge in [0.05, 0.1) is 5.69 Å². The summed E-state index contributed by atoms with van der Waals surface area (Å²) in [6.45, 7) is 1.78. The Kier molecular flexibility index (Phi) is 3.84. The second-order valence-corrected chi connectivity index (χ2v) is 4.57. The molecule has 0 saturated carbocycles. The van der Waals surface area contributed by atoms with E-state index in [0.29, 0.717) is 0 Å². The van der Waals surface area contributed by atoms with Crippen LogP contribution < -0.4 is 15.0 Å². The fourth-order valence-corrected chi connectivity index (χ4v) is 2.05. The van der Waals surface area contributed by atoms with Crippen LogP contribution in [-0.4, -0.2) is 45.2 Å². The summed E-state index contributed by atoms with van der Waals surface area (Å²) in [5.41, 5.74) is 2.01. The van der Waals surface area contributed by atoms with E-state index in [0.717, 1.165) is 30.2 Å². The molecule has 0 aliphatic carbocycles. The number of ether oxygens (including phenoxy) is 1. The van der Waals surface area contributed by atoms with Gasteiger partial charge in [-0.25, -0.2) is 0 Å². The Hall–Kier alpha value is -1.59. The first-order valence-electron chi connectivity index (χ1n) is 5.97. The molecule has 1 N–H and O–H groups in total. The summed E-state index contributed by atoms with van der Waals surface area (Å²) >= 11 is 0. The van der Waals surface area contributed by atoms with Gasteiger partial charge in [-0.2, -0.15) is 0 Å². The van der Waals surface area contributed by atoms with Crippen molar-refractivity contribution in [2.24, 2.45) is 0 Å². The SMILES string of the molecule is CNCN(C)Cc1ccc2c(c1)N(C)C(=O)CO2. The normalized spacial score (nSPS) is 14.7. The zero-order valence-electron chi connectivity index (χ0n) is 11.1. The summed E-state index contributed by atoms with van der Waals surface area (Å²) in [5.74, 6) is 0.764. The van der Waals surface area contributed by atoms with Crippen molar-refractivity contribution >= 4 is 11.6 Å². The second-order valence-electron chi connectivity index (χ2n) is 4.57. The van der Waals surface area contributed by atoms with E-state index in [4.69, 9.17) is 4.74 Å². The van der Waals surface area contributed by atoms with Crippen LogP contribution in [-0.2, 0) is 11.3 Å². The Morgan fingerprint density at radius 3 is 3.00 bits per heavy atom. The molecule has 1 aliphatic heterocycles. The number of likely N-dealkylation sites (N-methyl/N-ethyl adjacent to an activating group) is 1. The average molecular weight is 249 g/mol. The van der Waals surface area contributed by atoms with Crippen LogP contribution in [0, 0.1) is 0 Å². The molecule has 1 aliphatic rings. The molecule has 0 aromatic heterocycles. The smallest absolute Gasteiger partial charge is 0.264 e. The summed E-state index contributed by atoms with van der Waals surface area (Å²) in [4.78, 5) is 15.4. The van der Waals surface area contributed by atoms with Crippen LogP contribution in [0.3, 0.4) is 0 Å². The molecular weight excluding hydrogens is 230 g/mol. The van der Waals surface area contributed by atoms with Crippen LogP contribution in [0.5, 0.6) is 5.75 Å². The number of hydrogen-bond donors (Lipinski definition) is 1. The van der Waals surface area contributed by atoms with Gasteiger partial charge >= 0.3 is 0 Å². The second kappa shape index (κ2) is 5.37. The van der Waals surface area contributed by atoms with Crippen molar-refractivity contribution in [3.63, 3.8) is 0 Å². The Bertz CT molecular complexity index is 448. The van der Waals surface area contributed by atoms with Gasteiger partial charge < -0.3 is 15.0 Å². The number of rotatable bonds is 4. The number of carbonyl (C=O) groups excluding carboxylic acids is 1. The van der Waals surface area contributed by atoms with Crippen molar-refractivity contribution in [2.45, 2.75) is 6.54 Å². The van der Waals surface area contributed by atoms with Gasteiger partial charge in [0.2, 0.25) is 0 Å². The van der Waals surface area contributed by atoms with E-state index in [1.54, 1.807) is 11.9 Å². The first-order chi connectivity index (χ1) is 8.61. The van der Waals surface area contributed by atoms with Crippen LogP contribution >= 0.6 is 0 Å². The van der Waals surface area contributed by atoms with E-state index >= 15 is 0 Å². The summed E-state index contributed by atoms with van der Waals surface area (Å²) in [7, 11) is 5.75. The molecule has 0 spiro atoms. The molecule has 18 heavy (non-hydrogen) atoms. The molecular formula is C13H19N3O2. The highest BCUT2D eigenvalue weighted by molar-refractivity contribution is 5.97. The van der Waals surface area contributed by atoms with Crippen LogP contribution in [0.15, 0.2) is 18.2 Å². The number of hydrogen-bond acceptors (Lipinski definition) is 4. The summed E-state index contributed by atoms with van der Waals surface area (Å²) in [5, 5.41) is 3.10. The zero-order chi connectivity index (χ0) is 13.1. The molecule has 0 atom stereocenters. The molecule has 0 saturated heterocycles. The Labute approximate surface area is 107 Å². The van der Waals surface area contributed by atoms with E-state index in [-0.39, 0.29) is 12.5 Å². The van der Waals surface area contributed by atoms with Crippen molar-refractivity contribution in [2.75, 3.05) is 39.3 Å². The first kappa shape index (κ1) is 12.9. The third-order valence-corrected chi connectivity index (χ3v) is 2.99. The Morgan fingerprint density at radius 2 is 2.28 bits per heavy atom. The zero-order valence-corrected chi connectivity index (χ0v) is 11.1.